The zero-order valence-electron chi connectivity index (χ0n) is 14.5. The van der Waals surface area contributed by atoms with Crippen molar-refractivity contribution < 1.29 is 19.5 Å². The summed E-state index contributed by atoms with van der Waals surface area (Å²) in [5.74, 6) is -0.974. The molecule has 2 aliphatic heterocycles. The summed E-state index contributed by atoms with van der Waals surface area (Å²) in [4.78, 5) is 41.0. The SMILES string of the molecule is CC1(C(=O)O)CCCN(C(=O)CCC(=O)N2CCc3sccc3C2)C1. The highest BCUT2D eigenvalue weighted by molar-refractivity contribution is 7.10. The molecule has 1 aromatic rings. The number of hydrogen-bond donors (Lipinski definition) is 1. The monoisotopic (exact) mass is 364 g/mol. The minimum absolute atomic E-state index is 0.00297. The van der Waals surface area contributed by atoms with Gasteiger partial charge in [-0.2, -0.15) is 0 Å². The van der Waals surface area contributed by atoms with Gasteiger partial charge in [0.05, 0.1) is 5.41 Å². The van der Waals surface area contributed by atoms with E-state index in [2.05, 4.69) is 11.4 Å². The first-order valence-corrected chi connectivity index (χ1v) is 9.61. The Morgan fingerprint density at radius 2 is 1.92 bits per heavy atom. The van der Waals surface area contributed by atoms with Crippen molar-refractivity contribution in [3.05, 3.63) is 21.9 Å². The molecule has 1 atom stereocenters. The summed E-state index contributed by atoms with van der Waals surface area (Å²) >= 11 is 1.73. The molecule has 1 saturated heterocycles. The molecule has 1 fully saturated rings. The number of piperidine rings is 1. The van der Waals surface area contributed by atoms with Gasteiger partial charge in [-0.3, -0.25) is 14.4 Å². The maximum Gasteiger partial charge on any atom is 0.311 e. The van der Waals surface area contributed by atoms with E-state index in [4.69, 9.17) is 0 Å². The number of carbonyl (C=O) groups is 3. The normalized spacial score (nSPS) is 23.2. The van der Waals surface area contributed by atoms with Gasteiger partial charge in [0, 0.05) is 43.9 Å². The molecule has 0 radical (unpaired) electrons. The van der Waals surface area contributed by atoms with Crippen molar-refractivity contribution in [3.8, 4) is 0 Å². The molecular formula is C18H24N2O4S. The molecule has 1 N–H and O–H groups in total. The van der Waals surface area contributed by atoms with Crippen molar-refractivity contribution >= 4 is 29.1 Å². The third kappa shape index (κ3) is 3.86. The van der Waals surface area contributed by atoms with Crippen molar-refractivity contribution in [2.75, 3.05) is 19.6 Å². The highest BCUT2D eigenvalue weighted by Crippen LogP contribution is 2.30. The topological polar surface area (TPSA) is 77.9 Å². The zero-order valence-corrected chi connectivity index (χ0v) is 15.3. The fourth-order valence-electron chi connectivity index (χ4n) is 3.62. The number of carbonyl (C=O) groups excluding carboxylic acids is 2. The number of hydrogen-bond acceptors (Lipinski definition) is 4. The Kier molecular flexibility index (Phi) is 5.13. The number of thiophene rings is 1. The third-order valence-corrected chi connectivity index (χ3v) is 6.30. The summed E-state index contributed by atoms with van der Waals surface area (Å²) in [6.45, 7) is 3.84. The van der Waals surface area contributed by atoms with Crippen LogP contribution in [0.25, 0.3) is 0 Å². The molecule has 0 spiro atoms. The minimum atomic E-state index is -0.875. The molecule has 6 nitrogen and oxygen atoms in total. The highest BCUT2D eigenvalue weighted by Gasteiger charge is 2.39. The Balaban J connectivity index is 1.50. The number of aliphatic carboxylic acids is 1. The highest BCUT2D eigenvalue weighted by atomic mass is 32.1. The first-order valence-electron chi connectivity index (χ1n) is 8.73. The summed E-state index contributed by atoms with van der Waals surface area (Å²) in [6, 6.07) is 2.06. The number of likely N-dealkylation sites (tertiary alicyclic amines) is 1. The largest absolute Gasteiger partial charge is 0.481 e. The molecule has 3 rings (SSSR count). The van der Waals surface area contributed by atoms with E-state index in [-0.39, 0.29) is 31.2 Å². The van der Waals surface area contributed by atoms with Gasteiger partial charge in [0.2, 0.25) is 11.8 Å². The molecule has 0 bridgehead atoms. The molecule has 1 unspecified atom stereocenters. The van der Waals surface area contributed by atoms with E-state index in [1.54, 1.807) is 23.2 Å². The minimum Gasteiger partial charge on any atom is -0.481 e. The van der Waals surface area contributed by atoms with E-state index >= 15 is 0 Å². The Labute approximate surface area is 151 Å². The molecule has 1 aromatic heterocycles. The van der Waals surface area contributed by atoms with Crippen LogP contribution in [-0.4, -0.2) is 52.3 Å². The number of carboxylic acids is 1. The van der Waals surface area contributed by atoms with Gasteiger partial charge in [0.1, 0.15) is 0 Å². The van der Waals surface area contributed by atoms with Crippen LogP contribution in [0.5, 0.6) is 0 Å². The molecule has 7 heteroatoms. The van der Waals surface area contributed by atoms with Gasteiger partial charge in [-0.05, 0) is 43.2 Å². The van der Waals surface area contributed by atoms with Gasteiger partial charge in [0.25, 0.3) is 0 Å². The van der Waals surface area contributed by atoms with E-state index in [1.165, 1.54) is 10.4 Å². The lowest BCUT2D eigenvalue weighted by Gasteiger charge is -2.37. The van der Waals surface area contributed by atoms with E-state index in [1.807, 2.05) is 4.90 Å². The van der Waals surface area contributed by atoms with Gasteiger partial charge in [0.15, 0.2) is 0 Å². The van der Waals surface area contributed by atoms with Gasteiger partial charge < -0.3 is 14.9 Å². The Hall–Kier alpha value is -1.89. The molecule has 3 heterocycles. The quantitative estimate of drug-likeness (QED) is 0.888. The maximum atomic E-state index is 12.4. The summed E-state index contributed by atoms with van der Waals surface area (Å²) in [5.41, 5.74) is 0.337. The van der Waals surface area contributed by atoms with Crippen molar-refractivity contribution in [1.82, 2.24) is 9.80 Å². The van der Waals surface area contributed by atoms with Crippen LogP contribution in [-0.2, 0) is 27.3 Å². The lowest BCUT2D eigenvalue weighted by Crippen LogP contribution is -2.48. The van der Waals surface area contributed by atoms with Crippen LogP contribution in [0.1, 0.15) is 43.0 Å². The second kappa shape index (κ2) is 7.15. The van der Waals surface area contributed by atoms with Gasteiger partial charge in [-0.15, -0.1) is 11.3 Å². The summed E-state index contributed by atoms with van der Waals surface area (Å²) in [7, 11) is 0. The smallest absolute Gasteiger partial charge is 0.311 e. The van der Waals surface area contributed by atoms with Crippen LogP contribution in [0.4, 0.5) is 0 Å². The van der Waals surface area contributed by atoms with Gasteiger partial charge in [-0.25, -0.2) is 0 Å². The van der Waals surface area contributed by atoms with Gasteiger partial charge in [-0.1, -0.05) is 0 Å². The van der Waals surface area contributed by atoms with Crippen LogP contribution in [0.3, 0.4) is 0 Å². The molecule has 2 amide bonds. The lowest BCUT2D eigenvalue weighted by atomic mass is 9.82. The van der Waals surface area contributed by atoms with Gasteiger partial charge >= 0.3 is 5.97 Å². The van der Waals surface area contributed by atoms with E-state index in [0.29, 0.717) is 32.5 Å². The maximum absolute atomic E-state index is 12.4. The first-order chi connectivity index (χ1) is 11.9. The predicted octanol–water partition coefficient (Wildman–Crippen LogP) is 2.13. The van der Waals surface area contributed by atoms with Crippen LogP contribution >= 0.6 is 11.3 Å². The standard InChI is InChI=1S/C18H24N2O4S/c1-18(17(23)24)7-2-8-20(12-18)16(22)4-3-15(21)19-9-5-14-13(11-19)6-10-25-14/h6,10H,2-5,7-9,11-12H2,1H3,(H,23,24). The Bertz CT molecular complexity index is 686. The molecule has 0 saturated carbocycles. The summed E-state index contributed by atoms with van der Waals surface area (Å²) in [5, 5.41) is 11.4. The van der Waals surface area contributed by atoms with Crippen molar-refractivity contribution in [2.45, 2.75) is 45.6 Å². The van der Waals surface area contributed by atoms with Crippen LogP contribution in [0, 0.1) is 5.41 Å². The van der Waals surface area contributed by atoms with E-state index in [9.17, 15) is 19.5 Å². The second-order valence-corrected chi connectivity index (χ2v) is 8.22. The Morgan fingerprint density at radius 3 is 2.64 bits per heavy atom. The predicted molar refractivity (Wildman–Crippen MR) is 94.2 cm³/mol. The van der Waals surface area contributed by atoms with Crippen LogP contribution in [0.2, 0.25) is 0 Å². The Morgan fingerprint density at radius 1 is 1.20 bits per heavy atom. The van der Waals surface area contributed by atoms with Crippen LogP contribution in [0.15, 0.2) is 11.4 Å². The lowest BCUT2D eigenvalue weighted by molar-refractivity contribution is -0.154. The average Bonchev–Trinajstić information content (AvgIpc) is 3.07. The van der Waals surface area contributed by atoms with Crippen LogP contribution < -0.4 is 0 Å². The fraction of sp³-hybridized carbons (Fsp3) is 0.611. The second-order valence-electron chi connectivity index (χ2n) is 7.22. The third-order valence-electron chi connectivity index (χ3n) is 5.28. The molecule has 2 aliphatic rings. The van der Waals surface area contributed by atoms with E-state index < -0.39 is 11.4 Å². The number of amides is 2. The fourth-order valence-corrected chi connectivity index (χ4v) is 4.51. The molecule has 0 aliphatic carbocycles. The first kappa shape index (κ1) is 17.9. The molecule has 136 valence electrons. The average molecular weight is 364 g/mol. The van der Waals surface area contributed by atoms with Crippen molar-refractivity contribution in [1.29, 1.82) is 0 Å². The molecule has 25 heavy (non-hydrogen) atoms. The van der Waals surface area contributed by atoms with Crippen molar-refractivity contribution in [2.24, 2.45) is 5.41 Å². The van der Waals surface area contributed by atoms with Crippen molar-refractivity contribution in [3.63, 3.8) is 0 Å². The number of fused-ring (bicyclic) bond motifs is 1. The summed E-state index contributed by atoms with van der Waals surface area (Å²) < 4.78 is 0. The number of rotatable bonds is 4. The molecule has 0 aromatic carbocycles. The zero-order chi connectivity index (χ0) is 18.0. The summed E-state index contributed by atoms with van der Waals surface area (Å²) in [6.07, 6.45) is 2.51. The number of nitrogens with zero attached hydrogens (tertiary/aromatic N) is 2. The molecular weight excluding hydrogens is 340 g/mol. The van der Waals surface area contributed by atoms with E-state index in [0.717, 1.165) is 6.42 Å². The number of carboxylic acid groups (broad SMARTS) is 1.